The lowest BCUT2D eigenvalue weighted by Gasteiger charge is -2.23. The molecule has 136 valence electrons. The second-order valence-electron chi connectivity index (χ2n) is 7.11. The van der Waals surface area contributed by atoms with E-state index in [0.717, 1.165) is 16.5 Å². The van der Waals surface area contributed by atoms with Gasteiger partial charge in [0.1, 0.15) is 0 Å². The fourth-order valence-electron chi connectivity index (χ4n) is 3.08. The van der Waals surface area contributed by atoms with E-state index >= 15 is 0 Å². The third-order valence-corrected chi connectivity index (χ3v) is 4.52. The van der Waals surface area contributed by atoms with Gasteiger partial charge in [0.05, 0.1) is 18.7 Å². The Morgan fingerprint density at radius 3 is 2.54 bits per heavy atom. The molecular weight excluding hydrogens is 324 g/mol. The van der Waals surface area contributed by atoms with Crippen molar-refractivity contribution in [1.82, 2.24) is 15.1 Å². The van der Waals surface area contributed by atoms with Crippen molar-refractivity contribution in [2.24, 2.45) is 5.73 Å². The molecule has 1 aromatic heterocycles. The number of fused-ring (bicyclic) bond motifs is 1. The molecule has 2 unspecified atom stereocenters. The zero-order valence-corrected chi connectivity index (χ0v) is 15.5. The van der Waals surface area contributed by atoms with E-state index < -0.39 is 0 Å². The number of rotatable bonds is 6. The minimum absolute atomic E-state index is 0.0521. The minimum atomic E-state index is -0.229. The molecule has 3 N–H and O–H groups in total. The zero-order valence-electron chi connectivity index (χ0n) is 15.5. The monoisotopic (exact) mass is 350 g/mol. The summed E-state index contributed by atoms with van der Waals surface area (Å²) in [6.07, 6.45) is 3.96. The molecule has 2 aromatic carbocycles. The summed E-state index contributed by atoms with van der Waals surface area (Å²) in [5.74, 6) is -0.0521. The molecule has 0 saturated carbocycles. The van der Waals surface area contributed by atoms with Gasteiger partial charge < -0.3 is 11.1 Å². The first-order valence-electron chi connectivity index (χ1n) is 9.00. The Morgan fingerprint density at radius 2 is 1.88 bits per heavy atom. The predicted molar refractivity (Wildman–Crippen MR) is 105 cm³/mol. The van der Waals surface area contributed by atoms with Gasteiger partial charge >= 0.3 is 0 Å². The van der Waals surface area contributed by atoms with Crippen LogP contribution in [0.25, 0.3) is 10.8 Å². The van der Waals surface area contributed by atoms with Crippen molar-refractivity contribution in [3.8, 4) is 0 Å². The van der Waals surface area contributed by atoms with Crippen molar-refractivity contribution in [3.05, 3.63) is 66.0 Å². The van der Waals surface area contributed by atoms with Crippen LogP contribution in [0, 0.1) is 0 Å². The standard InChI is InChI=1S/C21H26N4O/c1-14(2)25-13-16(12-23-25)10-20(26)24-21(15(3)22)19-9-8-17-6-4-5-7-18(17)11-19/h4-9,11-15,21H,10,22H2,1-3H3,(H,24,26). The van der Waals surface area contributed by atoms with Gasteiger partial charge in [-0.05, 0) is 48.7 Å². The number of nitrogens with one attached hydrogen (secondary N) is 1. The highest BCUT2D eigenvalue weighted by molar-refractivity contribution is 5.83. The van der Waals surface area contributed by atoms with Crippen molar-refractivity contribution < 1.29 is 4.79 Å². The average molecular weight is 350 g/mol. The topological polar surface area (TPSA) is 72.9 Å². The third-order valence-electron chi connectivity index (χ3n) is 4.52. The normalized spacial score (nSPS) is 13.7. The number of carbonyl (C=O) groups is 1. The van der Waals surface area contributed by atoms with Gasteiger partial charge in [0.25, 0.3) is 0 Å². The molecule has 0 aliphatic heterocycles. The van der Waals surface area contributed by atoms with Crippen LogP contribution in [-0.2, 0) is 11.2 Å². The Balaban J connectivity index is 1.75. The average Bonchev–Trinajstić information content (AvgIpc) is 3.08. The second-order valence-corrected chi connectivity index (χ2v) is 7.11. The number of hydrogen-bond acceptors (Lipinski definition) is 3. The lowest BCUT2D eigenvalue weighted by atomic mass is 9.97. The van der Waals surface area contributed by atoms with Crippen molar-refractivity contribution in [1.29, 1.82) is 0 Å². The van der Waals surface area contributed by atoms with Crippen molar-refractivity contribution in [2.75, 3.05) is 0 Å². The Morgan fingerprint density at radius 1 is 1.15 bits per heavy atom. The number of amides is 1. The summed E-state index contributed by atoms with van der Waals surface area (Å²) in [4.78, 5) is 12.5. The lowest BCUT2D eigenvalue weighted by molar-refractivity contribution is -0.121. The molecule has 1 heterocycles. The Labute approximate surface area is 154 Å². The molecule has 3 aromatic rings. The van der Waals surface area contributed by atoms with E-state index in [2.05, 4.69) is 48.5 Å². The van der Waals surface area contributed by atoms with Crippen LogP contribution in [0.15, 0.2) is 54.9 Å². The van der Waals surface area contributed by atoms with Crippen molar-refractivity contribution in [2.45, 2.75) is 45.3 Å². The first kappa shape index (κ1) is 18.1. The smallest absolute Gasteiger partial charge is 0.225 e. The van der Waals surface area contributed by atoms with Gasteiger partial charge in [0, 0.05) is 18.3 Å². The van der Waals surface area contributed by atoms with Crippen LogP contribution >= 0.6 is 0 Å². The Bertz CT molecular complexity index is 898. The van der Waals surface area contributed by atoms with E-state index in [-0.39, 0.29) is 24.0 Å². The molecule has 3 rings (SSSR count). The van der Waals surface area contributed by atoms with Crippen LogP contribution in [0.2, 0.25) is 0 Å². The molecular formula is C21H26N4O. The summed E-state index contributed by atoms with van der Waals surface area (Å²) in [5.41, 5.74) is 8.09. The molecule has 0 radical (unpaired) electrons. The molecule has 0 bridgehead atoms. The van der Waals surface area contributed by atoms with Crippen molar-refractivity contribution >= 4 is 16.7 Å². The van der Waals surface area contributed by atoms with Gasteiger partial charge in [-0.15, -0.1) is 0 Å². The fraction of sp³-hybridized carbons (Fsp3) is 0.333. The van der Waals surface area contributed by atoms with Crippen LogP contribution in [0.1, 0.15) is 44.0 Å². The van der Waals surface area contributed by atoms with Gasteiger partial charge in [0.15, 0.2) is 0 Å². The van der Waals surface area contributed by atoms with E-state index in [9.17, 15) is 4.79 Å². The van der Waals surface area contributed by atoms with Gasteiger partial charge in [-0.25, -0.2) is 0 Å². The van der Waals surface area contributed by atoms with Crippen LogP contribution in [0.5, 0.6) is 0 Å². The quantitative estimate of drug-likeness (QED) is 0.716. The molecule has 5 heteroatoms. The summed E-state index contributed by atoms with van der Waals surface area (Å²) in [7, 11) is 0. The highest BCUT2D eigenvalue weighted by Gasteiger charge is 2.19. The maximum atomic E-state index is 12.5. The Kier molecular flexibility index (Phi) is 5.38. The molecule has 5 nitrogen and oxygen atoms in total. The number of aromatic nitrogens is 2. The second kappa shape index (κ2) is 7.70. The zero-order chi connectivity index (χ0) is 18.7. The first-order chi connectivity index (χ1) is 12.4. The highest BCUT2D eigenvalue weighted by Crippen LogP contribution is 2.22. The van der Waals surface area contributed by atoms with Crippen LogP contribution < -0.4 is 11.1 Å². The number of benzene rings is 2. The van der Waals surface area contributed by atoms with Crippen LogP contribution in [-0.4, -0.2) is 21.7 Å². The maximum Gasteiger partial charge on any atom is 0.225 e. The van der Waals surface area contributed by atoms with Crippen molar-refractivity contribution in [3.63, 3.8) is 0 Å². The molecule has 0 aliphatic carbocycles. The van der Waals surface area contributed by atoms with E-state index in [1.165, 1.54) is 5.39 Å². The fourth-order valence-corrected chi connectivity index (χ4v) is 3.08. The van der Waals surface area contributed by atoms with Gasteiger partial charge in [-0.3, -0.25) is 9.48 Å². The SMILES string of the molecule is CC(N)C(NC(=O)Cc1cnn(C(C)C)c1)c1ccc2ccccc2c1. The number of nitrogens with zero attached hydrogens (tertiary/aromatic N) is 2. The van der Waals surface area contributed by atoms with E-state index in [1.807, 2.05) is 36.0 Å². The molecule has 1 amide bonds. The molecule has 26 heavy (non-hydrogen) atoms. The van der Waals surface area contributed by atoms with Gasteiger partial charge in [-0.1, -0.05) is 36.4 Å². The van der Waals surface area contributed by atoms with E-state index in [1.54, 1.807) is 6.20 Å². The molecule has 2 atom stereocenters. The number of hydrogen-bond donors (Lipinski definition) is 2. The van der Waals surface area contributed by atoms with Crippen LogP contribution in [0.4, 0.5) is 0 Å². The maximum absolute atomic E-state index is 12.5. The molecule has 0 aliphatic rings. The number of nitrogens with two attached hydrogens (primary N) is 1. The number of carbonyl (C=O) groups excluding carboxylic acids is 1. The summed E-state index contributed by atoms with van der Waals surface area (Å²) in [5, 5.41) is 9.69. The lowest BCUT2D eigenvalue weighted by Crippen LogP contribution is -2.39. The summed E-state index contributed by atoms with van der Waals surface area (Å²) in [6.45, 7) is 6.03. The molecule has 0 saturated heterocycles. The van der Waals surface area contributed by atoms with Crippen LogP contribution in [0.3, 0.4) is 0 Å². The highest BCUT2D eigenvalue weighted by atomic mass is 16.1. The first-order valence-corrected chi connectivity index (χ1v) is 9.00. The molecule has 0 fully saturated rings. The Hall–Kier alpha value is -2.66. The summed E-state index contributed by atoms with van der Waals surface area (Å²) < 4.78 is 1.86. The van der Waals surface area contributed by atoms with E-state index in [0.29, 0.717) is 6.42 Å². The third kappa shape index (κ3) is 4.11. The predicted octanol–water partition coefficient (Wildman–Crippen LogP) is 3.36. The van der Waals surface area contributed by atoms with Gasteiger partial charge in [-0.2, -0.15) is 5.10 Å². The van der Waals surface area contributed by atoms with E-state index in [4.69, 9.17) is 5.73 Å². The molecule has 0 spiro atoms. The van der Waals surface area contributed by atoms with Gasteiger partial charge in [0.2, 0.25) is 5.91 Å². The minimum Gasteiger partial charge on any atom is -0.347 e. The summed E-state index contributed by atoms with van der Waals surface area (Å²) in [6, 6.07) is 14.2. The largest absolute Gasteiger partial charge is 0.347 e. The summed E-state index contributed by atoms with van der Waals surface area (Å²) >= 11 is 0.